The van der Waals surface area contributed by atoms with Crippen molar-refractivity contribution in [2.24, 2.45) is 5.92 Å². The van der Waals surface area contributed by atoms with Gasteiger partial charge in [0.15, 0.2) is 0 Å². The molecule has 3 rings (SSSR count). The lowest BCUT2D eigenvalue weighted by atomic mass is 9.84. The molecule has 1 atom stereocenters. The van der Waals surface area contributed by atoms with Gasteiger partial charge in [-0.1, -0.05) is 36.6 Å². The van der Waals surface area contributed by atoms with Crippen molar-refractivity contribution in [1.29, 1.82) is 0 Å². The van der Waals surface area contributed by atoms with E-state index >= 15 is 0 Å². The van der Waals surface area contributed by atoms with Gasteiger partial charge in [-0.3, -0.25) is 9.78 Å². The number of pyridine rings is 1. The molecular weight excluding hydrogens is 367 g/mol. The fraction of sp³-hybridized carbons (Fsp3) is 0.368. The number of rotatable bonds is 4. The van der Waals surface area contributed by atoms with E-state index < -0.39 is 23.6 Å². The van der Waals surface area contributed by atoms with Gasteiger partial charge in [0.1, 0.15) is 0 Å². The van der Waals surface area contributed by atoms with Crippen molar-refractivity contribution in [3.8, 4) is 11.1 Å². The van der Waals surface area contributed by atoms with Crippen LogP contribution >= 0.6 is 11.6 Å². The van der Waals surface area contributed by atoms with Crippen LogP contribution in [-0.2, 0) is 11.0 Å². The van der Waals surface area contributed by atoms with Gasteiger partial charge in [-0.2, -0.15) is 13.2 Å². The maximum Gasteiger partial charge on any atom is 0.417 e. The lowest BCUT2D eigenvalue weighted by Gasteiger charge is -2.21. The van der Waals surface area contributed by atoms with Gasteiger partial charge >= 0.3 is 12.1 Å². The normalized spacial score (nSPS) is 16.6. The fourth-order valence-electron chi connectivity index (χ4n) is 3.59. The first-order chi connectivity index (χ1) is 12.3. The summed E-state index contributed by atoms with van der Waals surface area (Å²) in [6.45, 7) is 0. The number of benzene rings is 1. The summed E-state index contributed by atoms with van der Waals surface area (Å²) < 4.78 is 38.6. The summed E-state index contributed by atoms with van der Waals surface area (Å²) in [5.74, 6) is -1.59. The molecule has 2 aromatic rings. The lowest BCUT2D eigenvalue weighted by Crippen LogP contribution is -2.20. The predicted molar refractivity (Wildman–Crippen MR) is 92.0 cm³/mol. The molecule has 1 aromatic heterocycles. The number of carbonyl (C=O) groups is 1. The summed E-state index contributed by atoms with van der Waals surface area (Å²) in [6.07, 6.45) is 1.29. The van der Waals surface area contributed by atoms with E-state index in [4.69, 9.17) is 11.6 Å². The Morgan fingerprint density at radius 1 is 1.15 bits per heavy atom. The average Bonchev–Trinajstić information content (AvgIpc) is 3.09. The van der Waals surface area contributed by atoms with Crippen molar-refractivity contribution in [2.75, 3.05) is 0 Å². The van der Waals surface area contributed by atoms with Crippen LogP contribution in [0.5, 0.6) is 0 Å². The standard InChI is InChI=1S/C19H17ClF3NO2/c20-16-8-12(13-7-14(10-24-9-13)19(21,22)23)5-6-15(16)17(18(25)26)11-3-1-2-4-11/h5-11,17H,1-4H2,(H,25,26)/t17-/m1/s1. The Bertz CT molecular complexity index is 817. The number of nitrogens with zero attached hydrogens (tertiary/aromatic N) is 1. The summed E-state index contributed by atoms with van der Waals surface area (Å²) in [5, 5.41) is 9.88. The van der Waals surface area contributed by atoms with E-state index in [9.17, 15) is 23.1 Å². The highest BCUT2D eigenvalue weighted by Gasteiger charge is 2.34. The molecule has 0 bridgehead atoms. The highest BCUT2D eigenvalue weighted by molar-refractivity contribution is 6.32. The van der Waals surface area contributed by atoms with Crippen molar-refractivity contribution in [1.82, 2.24) is 4.98 Å². The molecule has 1 aromatic carbocycles. The molecule has 0 unspecified atom stereocenters. The van der Waals surface area contributed by atoms with Gasteiger partial charge in [0.25, 0.3) is 0 Å². The fourth-order valence-corrected chi connectivity index (χ4v) is 3.89. The van der Waals surface area contributed by atoms with E-state index in [-0.39, 0.29) is 16.5 Å². The largest absolute Gasteiger partial charge is 0.481 e. The maximum absolute atomic E-state index is 12.9. The van der Waals surface area contributed by atoms with E-state index in [0.29, 0.717) is 11.1 Å². The number of hydrogen-bond acceptors (Lipinski definition) is 2. The molecule has 0 saturated heterocycles. The van der Waals surface area contributed by atoms with Crippen LogP contribution in [0.2, 0.25) is 5.02 Å². The minimum Gasteiger partial charge on any atom is -0.481 e. The monoisotopic (exact) mass is 383 g/mol. The minimum absolute atomic E-state index is 0.0334. The first kappa shape index (κ1) is 18.7. The first-order valence-electron chi connectivity index (χ1n) is 8.32. The van der Waals surface area contributed by atoms with Crippen LogP contribution in [-0.4, -0.2) is 16.1 Å². The molecule has 3 nitrogen and oxygen atoms in total. The molecule has 0 radical (unpaired) electrons. The van der Waals surface area contributed by atoms with E-state index in [0.717, 1.165) is 37.9 Å². The number of carboxylic acid groups (broad SMARTS) is 1. The zero-order chi connectivity index (χ0) is 18.9. The molecule has 1 fully saturated rings. The van der Waals surface area contributed by atoms with Crippen molar-refractivity contribution < 1.29 is 23.1 Å². The summed E-state index contributed by atoms with van der Waals surface area (Å²) in [6, 6.07) is 5.72. The lowest BCUT2D eigenvalue weighted by molar-refractivity contribution is -0.140. The maximum atomic E-state index is 12.9. The molecule has 26 heavy (non-hydrogen) atoms. The minimum atomic E-state index is -4.48. The number of hydrogen-bond donors (Lipinski definition) is 1. The SMILES string of the molecule is O=C(O)[C@@H](c1ccc(-c2cncc(C(F)(F)F)c2)cc1Cl)C1CCCC1. The second-order valence-electron chi connectivity index (χ2n) is 6.56. The van der Waals surface area contributed by atoms with Crippen LogP contribution in [0.1, 0.15) is 42.7 Å². The number of carboxylic acids is 1. The van der Waals surface area contributed by atoms with Gasteiger partial charge in [-0.25, -0.2) is 0 Å². The molecule has 1 N–H and O–H groups in total. The Kier molecular flexibility index (Phi) is 5.23. The average molecular weight is 384 g/mol. The number of halogens is 4. The second kappa shape index (κ2) is 7.27. The van der Waals surface area contributed by atoms with Crippen LogP contribution in [0, 0.1) is 5.92 Å². The van der Waals surface area contributed by atoms with Gasteiger partial charge in [-0.05, 0) is 42.0 Å². The van der Waals surface area contributed by atoms with E-state index in [2.05, 4.69) is 4.98 Å². The van der Waals surface area contributed by atoms with Crippen molar-refractivity contribution in [2.45, 2.75) is 37.8 Å². The third-order valence-corrected chi connectivity index (χ3v) is 5.20. The molecule has 1 aliphatic carbocycles. The molecular formula is C19H17ClF3NO2. The molecule has 1 aliphatic rings. The first-order valence-corrected chi connectivity index (χ1v) is 8.70. The molecule has 0 aliphatic heterocycles. The third kappa shape index (κ3) is 3.85. The summed E-state index contributed by atoms with van der Waals surface area (Å²) >= 11 is 6.32. The van der Waals surface area contributed by atoms with Crippen LogP contribution in [0.15, 0.2) is 36.7 Å². The zero-order valence-corrected chi connectivity index (χ0v) is 14.5. The van der Waals surface area contributed by atoms with Gasteiger partial charge < -0.3 is 5.11 Å². The summed E-state index contributed by atoms with van der Waals surface area (Å²) in [4.78, 5) is 15.4. The van der Waals surface area contributed by atoms with Crippen molar-refractivity contribution in [3.05, 3.63) is 52.8 Å². The van der Waals surface area contributed by atoms with Crippen molar-refractivity contribution >= 4 is 17.6 Å². The molecule has 0 amide bonds. The molecule has 0 spiro atoms. The predicted octanol–water partition coefficient (Wildman–Crippen LogP) is 5.78. The van der Waals surface area contributed by atoms with Gasteiger partial charge in [0.2, 0.25) is 0 Å². The second-order valence-corrected chi connectivity index (χ2v) is 6.96. The third-order valence-electron chi connectivity index (χ3n) is 4.87. The smallest absolute Gasteiger partial charge is 0.417 e. The Morgan fingerprint density at radius 3 is 2.42 bits per heavy atom. The number of alkyl halides is 3. The van der Waals surface area contributed by atoms with Crippen LogP contribution in [0.25, 0.3) is 11.1 Å². The number of aliphatic carboxylic acids is 1. The van der Waals surface area contributed by atoms with E-state index in [1.807, 2.05) is 0 Å². The van der Waals surface area contributed by atoms with E-state index in [1.54, 1.807) is 12.1 Å². The van der Waals surface area contributed by atoms with E-state index in [1.165, 1.54) is 12.3 Å². The Hall–Kier alpha value is -2.08. The molecule has 1 saturated carbocycles. The summed E-state index contributed by atoms with van der Waals surface area (Å²) in [7, 11) is 0. The quantitative estimate of drug-likeness (QED) is 0.728. The van der Waals surface area contributed by atoms with Crippen LogP contribution in [0.3, 0.4) is 0 Å². The molecule has 138 valence electrons. The van der Waals surface area contributed by atoms with Crippen molar-refractivity contribution in [3.63, 3.8) is 0 Å². The topological polar surface area (TPSA) is 50.2 Å². The van der Waals surface area contributed by atoms with Crippen LogP contribution in [0.4, 0.5) is 13.2 Å². The van der Waals surface area contributed by atoms with Gasteiger partial charge in [0, 0.05) is 23.0 Å². The highest BCUT2D eigenvalue weighted by atomic mass is 35.5. The molecule has 7 heteroatoms. The Labute approximate surface area is 153 Å². The van der Waals surface area contributed by atoms with Gasteiger partial charge in [0.05, 0.1) is 11.5 Å². The van der Waals surface area contributed by atoms with Crippen LogP contribution < -0.4 is 0 Å². The van der Waals surface area contributed by atoms with Gasteiger partial charge in [-0.15, -0.1) is 0 Å². The Balaban J connectivity index is 1.96. The zero-order valence-electron chi connectivity index (χ0n) is 13.8. The summed E-state index contributed by atoms with van der Waals surface area (Å²) in [5.41, 5.74) is 0.410. The highest BCUT2D eigenvalue weighted by Crippen LogP contribution is 2.41. The Morgan fingerprint density at radius 2 is 1.85 bits per heavy atom. The number of aromatic nitrogens is 1. The molecule has 1 heterocycles.